The topological polar surface area (TPSA) is 17.1 Å². The van der Waals surface area contributed by atoms with E-state index in [1.807, 2.05) is 29.8 Å². The Morgan fingerprint density at radius 1 is 1.43 bits per heavy atom. The zero-order valence-corrected chi connectivity index (χ0v) is 9.80. The Labute approximate surface area is 95.0 Å². The van der Waals surface area contributed by atoms with Crippen molar-refractivity contribution in [1.29, 1.82) is 0 Å². The largest absolute Gasteiger partial charge is 0.287 e. The quantitative estimate of drug-likeness (QED) is 0.728. The van der Waals surface area contributed by atoms with Crippen LogP contribution >= 0.6 is 34.3 Å². The van der Waals surface area contributed by atoms with Crippen LogP contribution in [0.4, 0.5) is 0 Å². The van der Waals surface area contributed by atoms with Crippen LogP contribution in [0.2, 0.25) is 5.02 Å². The minimum absolute atomic E-state index is 0.0306. The van der Waals surface area contributed by atoms with Gasteiger partial charge >= 0.3 is 0 Å². The van der Waals surface area contributed by atoms with E-state index in [1.54, 1.807) is 0 Å². The standard InChI is InChI=1S/C10H7ClOS2/c1-6-5-14-10(8(6)11)9(12)7-3-2-4-13-7/h2-5H,1H3. The molecule has 1 nitrogen and oxygen atoms in total. The molecule has 0 atom stereocenters. The smallest absolute Gasteiger partial charge is 0.214 e. The molecule has 0 aliphatic rings. The summed E-state index contributed by atoms with van der Waals surface area (Å²) >= 11 is 8.86. The number of carbonyl (C=O) groups is 1. The van der Waals surface area contributed by atoms with Crippen molar-refractivity contribution in [3.63, 3.8) is 0 Å². The van der Waals surface area contributed by atoms with Gasteiger partial charge in [-0.05, 0) is 29.3 Å². The molecule has 0 bridgehead atoms. The van der Waals surface area contributed by atoms with Crippen LogP contribution < -0.4 is 0 Å². The van der Waals surface area contributed by atoms with E-state index < -0.39 is 0 Å². The van der Waals surface area contributed by atoms with Crippen LogP contribution in [-0.4, -0.2) is 5.78 Å². The highest BCUT2D eigenvalue weighted by Gasteiger charge is 2.16. The van der Waals surface area contributed by atoms with Crippen LogP contribution in [0.1, 0.15) is 20.1 Å². The number of carbonyl (C=O) groups excluding carboxylic acids is 1. The van der Waals surface area contributed by atoms with E-state index in [9.17, 15) is 4.79 Å². The van der Waals surface area contributed by atoms with Crippen molar-refractivity contribution in [3.8, 4) is 0 Å². The number of thiophene rings is 2. The van der Waals surface area contributed by atoms with E-state index in [0.29, 0.717) is 9.90 Å². The van der Waals surface area contributed by atoms with E-state index in [1.165, 1.54) is 22.7 Å². The lowest BCUT2D eigenvalue weighted by molar-refractivity contribution is 0.104. The molecule has 0 aromatic carbocycles. The predicted octanol–water partition coefficient (Wildman–Crippen LogP) is 4.00. The second kappa shape index (κ2) is 3.85. The second-order valence-electron chi connectivity index (χ2n) is 2.87. The van der Waals surface area contributed by atoms with Crippen LogP contribution in [0.5, 0.6) is 0 Å². The number of rotatable bonds is 2. The van der Waals surface area contributed by atoms with Crippen molar-refractivity contribution in [3.05, 3.63) is 43.2 Å². The van der Waals surface area contributed by atoms with Gasteiger partial charge in [0.15, 0.2) is 0 Å². The van der Waals surface area contributed by atoms with E-state index in [4.69, 9.17) is 11.6 Å². The first kappa shape index (κ1) is 9.90. The van der Waals surface area contributed by atoms with Crippen molar-refractivity contribution in [2.45, 2.75) is 6.92 Å². The minimum Gasteiger partial charge on any atom is -0.287 e. The third-order valence-corrected chi connectivity index (χ3v) is 4.41. The van der Waals surface area contributed by atoms with Gasteiger partial charge in [0.05, 0.1) is 14.8 Å². The van der Waals surface area contributed by atoms with Gasteiger partial charge in [-0.25, -0.2) is 0 Å². The summed E-state index contributed by atoms with van der Waals surface area (Å²) in [5.41, 5.74) is 0.969. The molecule has 2 aromatic rings. The highest BCUT2D eigenvalue weighted by atomic mass is 35.5. The van der Waals surface area contributed by atoms with E-state index >= 15 is 0 Å². The van der Waals surface area contributed by atoms with Gasteiger partial charge in [0.2, 0.25) is 5.78 Å². The molecule has 0 radical (unpaired) electrons. The minimum atomic E-state index is 0.0306. The first-order valence-corrected chi connectivity index (χ1v) is 6.15. The lowest BCUT2D eigenvalue weighted by atomic mass is 10.2. The third kappa shape index (κ3) is 1.63. The fourth-order valence-electron chi connectivity index (χ4n) is 1.10. The summed E-state index contributed by atoms with van der Waals surface area (Å²) in [4.78, 5) is 13.3. The monoisotopic (exact) mass is 242 g/mol. The van der Waals surface area contributed by atoms with Gasteiger partial charge in [-0.1, -0.05) is 17.7 Å². The predicted molar refractivity (Wildman–Crippen MR) is 61.8 cm³/mol. The molecule has 0 saturated heterocycles. The van der Waals surface area contributed by atoms with Gasteiger partial charge in [-0.2, -0.15) is 0 Å². The second-order valence-corrected chi connectivity index (χ2v) is 5.07. The number of halogens is 1. The third-order valence-electron chi connectivity index (χ3n) is 1.85. The molecule has 0 aliphatic heterocycles. The summed E-state index contributed by atoms with van der Waals surface area (Å²) in [5, 5.41) is 4.39. The number of ketones is 1. The normalized spacial score (nSPS) is 10.4. The summed E-state index contributed by atoms with van der Waals surface area (Å²) in [7, 11) is 0. The SMILES string of the molecule is Cc1csc(C(=O)c2cccs2)c1Cl. The molecular formula is C10H7ClOS2. The fraction of sp³-hybridized carbons (Fsp3) is 0.100. The van der Waals surface area contributed by atoms with Gasteiger partial charge in [-0.15, -0.1) is 22.7 Å². The summed E-state index contributed by atoms with van der Waals surface area (Å²) in [6, 6.07) is 3.69. The van der Waals surface area contributed by atoms with Crippen LogP contribution in [0.3, 0.4) is 0 Å². The average Bonchev–Trinajstić information content (AvgIpc) is 2.77. The maximum absolute atomic E-state index is 11.9. The van der Waals surface area contributed by atoms with Crippen molar-refractivity contribution in [2.24, 2.45) is 0 Å². The molecule has 0 unspecified atom stereocenters. The van der Waals surface area contributed by atoms with Crippen molar-refractivity contribution < 1.29 is 4.79 Å². The Morgan fingerprint density at radius 2 is 2.21 bits per heavy atom. The molecule has 0 saturated carbocycles. The average molecular weight is 243 g/mol. The van der Waals surface area contributed by atoms with Gasteiger partial charge in [0.1, 0.15) is 0 Å². The van der Waals surface area contributed by atoms with Gasteiger partial charge in [-0.3, -0.25) is 4.79 Å². The molecule has 0 amide bonds. The zero-order valence-electron chi connectivity index (χ0n) is 7.41. The Morgan fingerprint density at radius 3 is 2.71 bits per heavy atom. The molecule has 0 fully saturated rings. The number of hydrogen-bond donors (Lipinski definition) is 0. The summed E-state index contributed by atoms with van der Waals surface area (Å²) in [5.74, 6) is 0.0306. The molecular weight excluding hydrogens is 236 g/mol. The lowest BCUT2D eigenvalue weighted by Gasteiger charge is -1.94. The van der Waals surface area contributed by atoms with Crippen LogP contribution in [0, 0.1) is 6.92 Å². The van der Waals surface area contributed by atoms with Gasteiger partial charge in [0.25, 0.3) is 0 Å². The summed E-state index contributed by atoms with van der Waals surface area (Å²) in [6.07, 6.45) is 0. The first-order chi connectivity index (χ1) is 6.70. The molecule has 4 heteroatoms. The van der Waals surface area contributed by atoms with Gasteiger partial charge in [0, 0.05) is 0 Å². The maximum atomic E-state index is 11.9. The van der Waals surface area contributed by atoms with E-state index in [-0.39, 0.29) is 5.78 Å². The maximum Gasteiger partial charge on any atom is 0.214 e. The molecule has 2 rings (SSSR count). The Bertz CT molecular complexity index is 456. The van der Waals surface area contributed by atoms with E-state index in [0.717, 1.165) is 10.4 Å². The zero-order chi connectivity index (χ0) is 10.1. The molecule has 0 N–H and O–H groups in total. The van der Waals surface area contributed by atoms with Crippen molar-refractivity contribution in [2.75, 3.05) is 0 Å². The summed E-state index contributed by atoms with van der Waals surface area (Å²) < 4.78 is 0. The van der Waals surface area contributed by atoms with Gasteiger partial charge < -0.3 is 0 Å². The molecule has 0 aliphatic carbocycles. The molecule has 0 spiro atoms. The molecule has 2 heterocycles. The first-order valence-electron chi connectivity index (χ1n) is 4.02. The highest BCUT2D eigenvalue weighted by Crippen LogP contribution is 2.30. The molecule has 72 valence electrons. The van der Waals surface area contributed by atoms with Crippen molar-refractivity contribution in [1.82, 2.24) is 0 Å². The Balaban J connectivity index is 2.42. The molecule has 2 aromatic heterocycles. The number of hydrogen-bond acceptors (Lipinski definition) is 3. The fourth-order valence-corrected chi connectivity index (χ4v) is 3.07. The Hall–Kier alpha value is -0.640. The highest BCUT2D eigenvalue weighted by molar-refractivity contribution is 7.16. The van der Waals surface area contributed by atoms with Crippen molar-refractivity contribution >= 4 is 40.1 Å². The van der Waals surface area contributed by atoms with Crippen LogP contribution in [0.25, 0.3) is 0 Å². The lowest BCUT2D eigenvalue weighted by Crippen LogP contribution is -1.95. The van der Waals surface area contributed by atoms with Crippen LogP contribution in [0.15, 0.2) is 22.9 Å². The summed E-state index contributed by atoms with van der Waals surface area (Å²) in [6.45, 7) is 1.91. The Kier molecular flexibility index (Phi) is 2.72. The number of aryl methyl sites for hydroxylation is 1. The van der Waals surface area contributed by atoms with Crippen LogP contribution in [-0.2, 0) is 0 Å². The van der Waals surface area contributed by atoms with E-state index in [2.05, 4.69) is 0 Å². The molecule has 14 heavy (non-hydrogen) atoms.